The molecular weight excluding hydrogens is 603 g/mol. The molecule has 1 aliphatic heterocycles. The molecule has 0 saturated carbocycles. The van der Waals surface area contributed by atoms with Gasteiger partial charge in [-0.25, -0.2) is 4.79 Å². The topological polar surface area (TPSA) is 88.1 Å². The fraction of sp³-hybridized carbons (Fsp3) is 0.481. The number of unbranched alkanes of at least 4 members (excludes halogenated alkanes) is 1. The van der Waals surface area contributed by atoms with Crippen molar-refractivity contribution in [2.24, 2.45) is 0 Å². The van der Waals surface area contributed by atoms with E-state index in [1.165, 1.54) is 19.1 Å². The first-order valence-electron chi connectivity index (χ1n) is 12.9. The first-order valence-corrected chi connectivity index (χ1v) is 12.9. The molecule has 1 aliphatic rings. The highest BCUT2D eigenvalue weighted by molar-refractivity contribution is 6.07. The van der Waals surface area contributed by atoms with Crippen molar-refractivity contribution in [1.82, 2.24) is 10.2 Å². The van der Waals surface area contributed by atoms with E-state index in [4.69, 9.17) is 4.74 Å². The lowest BCUT2D eigenvalue weighted by atomic mass is 9.90. The number of ether oxygens (including phenoxy) is 2. The maximum Gasteiger partial charge on any atom is 0.573 e. The molecule has 1 fully saturated rings. The molecule has 2 aromatic rings. The summed E-state index contributed by atoms with van der Waals surface area (Å²) in [7, 11) is 0. The smallest absolute Gasteiger partial charge is 0.493 e. The van der Waals surface area contributed by atoms with E-state index in [-0.39, 0.29) is 49.3 Å². The fourth-order valence-corrected chi connectivity index (χ4v) is 4.54. The number of hydrogen-bond acceptors (Lipinski definition) is 5. The van der Waals surface area contributed by atoms with Gasteiger partial charge in [0.15, 0.2) is 0 Å². The molecule has 1 saturated heterocycles. The van der Waals surface area contributed by atoms with E-state index in [0.717, 1.165) is 23.1 Å². The minimum absolute atomic E-state index is 0.0119. The quantitative estimate of drug-likeness (QED) is 0.169. The van der Waals surface area contributed by atoms with Crippen molar-refractivity contribution in [1.29, 1.82) is 0 Å². The Kier molecular flexibility index (Phi) is 9.54. The first-order chi connectivity index (χ1) is 19.7. The molecule has 0 aromatic heterocycles. The molecule has 1 unspecified atom stereocenters. The number of aryl methyl sites for hydroxylation is 1. The lowest BCUT2D eigenvalue weighted by molar-refractivity contribution is -0.376. The maximum atomic E-state index is 13.3. The monoisotopic (exact) mass is 630 g/mol. The first kappa shape index (κ1) is 33.8. The van der Waals surface area contributed by atoms with Crippen molar-refractivity contribution >= 4 is 11.9 Å². The molecule has 3 amide bonds. The molecule has 1 atom stereocenters. The number of rotatable bonds is 11. The normalized spacial score (nSPS) is 18.2. The number of hydrogen-bond donors (Lipinski definition) is 2. The van der Waals surface area contributed by atoms with E-state index in [2.05, 4.69) is 10.1 Å². The van der Waals surface area contributed by atoms with Crippen LogP contribution in [0.15, 0.2) is 42.5 Å². The van der Waals surface area contributed by atoms with Crippen LogP contribution in [0, 0.1) is 0 Å². The molecule has 1 heterocycles. The lowest BCUT2D eigenvalue weighted by Gasteiger charge is -2.33. The third kappa shape index (κ3) is 7.11. The van der Waals surface area contributed by atoms with Crippen LogP contribution >= 0.6 is 0 Å². The number of benzene rings is 2. The summed E-state index contributed by atoms with van der Waals surface area (Å²) in [5.41, 5.74) is -7.80. The summed E-state index contributed by atoms with van der Waals surface area (Å²) in [6, 6.07) is 5.68. The number of alkyl halides is 9. The van der Waals surface area contributed by atoms with Crippen LogP contribution in [0.5, 0.6) is 11.5 Å². The Morgan fingerprint density at radius 3 is 2.05 bits per heavy atom. The molecule has 3 rings (SSSR count). The third-order valence-corrected chi connectivity index (χ3v) is 6.79. The summed E-state index contributed by atoms with van der Waals surface area (Å²) >= 11 is 0. The molecule has 7 nitrogen and oxygen atoms in total. The summed E-state index contributed by atoms with van der Waals surface area (Å²) in [5, 5.41) is 12.2. The van der Waals surface area contributed by atoms with Gasteiger partial charge in [-0.2, -0.15) is 26.3 Å². The molecular formula is C27H27F9N2O5. The lowest BCUT2D eigenvalue weighted by Crippen LogP contribution is -2.53. The summed E-state index contributed by atoms with van der Waals surface area (Å²) in [6.45, 7) is 2.88. The van der Waals surface area contributed by atoms with Gasteiger partial charge in [0.2, 0.25) is 0 Å². The van der Waals surface area contributed by atoms with Crippen LogP contribution in [0.2, 0.25) is 0 Å². The summed E-state index contributed by atoms with van der Waals surface area (Å²) < 4.78 is 126. The largest absolute Gasteiger partial charge is 0.573 e. The van der Waals surface area contributed by atoms with Crippen molar-refractivity contribution < 1.29 is 63.7 Å². The summed E-state index contributed by atoms with van der Waals surface area (Å²) in [5.74, 6) is -1.16. The second kappa shape index (κ2) is 12.1. The number of amides is 3. The van der Waals surface area contributed by atoms with Crippen molar-refractivity contribution in [3.8, 4) is 11.5 Å². The van der Waals surface area contributed by atoms with Crippen LogP contribution < -0.4 is 14.8 Å². The van der Waals surface area contributed by atoms with Gasteiger partial charge in [0.05, 0.1) is 6.61 Å². The minimum Gasteiger partial charge on any atom is -0.493 e. The average molecular weight is 631 g/mol. The Bertz CT molecular complexity index is 1300. The van der Waals surface area contributed by atoms with Crippen LogP contribution in [0.4, 0.5) is 44.3 Å². The molecule has 0 spiro atoms. The maximum absolute atomic E-state index is 13.3. The van der Waals surface area contributed by atoms with Crippen molar-refractivity contribution in [2.75, 3.05) is 13.2 Å². The van der Waals surface area contributed by atoms with Crippen LogP contribution in [0.25, 0.3) is 0 Å². The summed E-state index contributed by atoms with van der Waals surface area (Å²) in [6.07, 6.45) is -16.1. The fourth-order valence-electron chi connectivity index (χ4n) is 4.54. The van der Waals surface area contributed by atoms with Gasteiger partial charge in [0.25, 0.3) is 11.5 Å². The zero-order valence-electron chi connectivity index (χ0n) is 22.7. The van der Waals surface area contributed by atoms with Crippen LogP contribution in [0.3, 0.4) is 0 Å². The Balaban J connectivity index is 1.62. The van der Waals surface area contributed by atoms with E-state index in [0.29, 0.717) is 18.6 Å². The summed E-state index contributed by atoms with van der Waals surface area (Å²) in [4.78, 5) is 26.4. The van der Waals surface area contributed by atoms with Crippen LogP contribution in [0.1, 0.15) is 49.8 Å². The number of nitrogens with one attached hydrogen (secondary N) is 1. The Hall–Kier alpha value is -3.69. The van der Waals surface area contributed by atoms with Crippen molar-refractivity contribution in [3.63, 3.8) is 0 Å². The molecule has 0 radical (unpaired) electrons. The zero-order chi connectivity index (χ0) is 32.4. The molecule has 2 aromatic carbocycles. The Labute approximate surface area is 239 Å². The van der Waals surface area contributed by atoms with Gasteiger partial charge in [0.1, 0.15) is 17.0 Å². The van der Waals surface area contributed by atoms with E-state index in [9.17, 15) is 54.2 Å². The molecule has 16 heteroatoms. The third-order valence-electron chi connectivity index (χ3n) is 6.79. The van der Waals surface area contributed by atoms with E-state index < -0.39 is 53.1 Å². The molecule has 238 valence electrons. The van der Waals surface area contributed by atoms with Crippen molar-refractivity contribution in [2.45, 2.75) is 69.4 Å². The molecule has 43 heavy (non-hydrogen) atoms. The predicted octanol–water partition coefficient (Wildman–Crippen LogP) is 6.48. The van der Waals surface area contributed by atoms with Crippen molar-refractivity contribution in [3.05, 3.63) is 59.2 Å². The van der Waals surface area contributed by atoms with Gasteiger partial charge < -0.3 is 19.9 Å². The molecule has 0 bridgehead atoms. The standard InChI is InChI=1S/C27H27F9N2O5/c1-3-6-16-15-18(24(41,25(28,29)30)26(31,32)33)9-12-20(16)42-14-5-4-13-38-21(39)23(2,37-22(38)40)17-7-10-19(11-8-17)43-27(34,35)36/h7-12,15,41H,3-6,13-14H2,1-2H3,(H,37,40). The predicted molar refractivity (Wildman–Crippen MR) is 132 cm³/mol. The second-order valence-corrected chi connectivity index (χ2v) is 9.92. The Morgan fingerprint density at radius 1 is 0.907 bits per heavy atom. The highest BCUT2D eigenvalue weighted by atomic mass is 19.4. The number of urea groups is 1. The molecule has 2 N–H and O–H groups in total. The average Bonchev–Trinajstić information content (AvgIpc) is 3.10. The number of aliphatic hydroxyl groups is 1. The van der Waals surface area contributed by atoms with Gasteiger partial charge >= 0.3 is 24.7 Å². The van der Waals surface area contributed by atoms with E-state index in [1.807, 2.05) is 0 Å². The number of halogens is 9. The number of carbonyl (C=O) groups is 2. The van der Waals surface area contributed by atoms with Gasteiger partial charge in [-0.05, 0) is 61.6 Å². The minimum atomic E-state index is -6.03. The Morgan fingerprint density at radius 2 is 1.51 bits per heavy atom. The SMILES string of the molecule is CCCc1cc(C(O)(C(F)(F)F)C(F)(F)F)ccc1OCCCCN1C(=O)NC(C)(c2ccc(OC(F)(F)F)cc2)C1=O. The number of nitrogens with zero attached hydrogens (tertiary/aromatic N) is 1. The van der Waals surface area contributed by atoms with Gasteiger partial charge in [0, 0.05) is 12.1 Å². The number of imide groups is 1. The van der Waals surface area contributed by atoms with E-state index in [1.54, 1.807) is 6.92 Å². The zero-order valence-corrected chi connectivity index (χ0v) is 22.7. The molecule has 0 aliphatic carbocycles. The highest BCUT2D eigenvalue weighted by Gasteiger charge is 2.71. The van der Waals surface area contributed by atoms with Crippen LogP contribution in [-0.2, 0) is 22.4 Å². The highest BCUT2D eigenvalue weighted by Crippen LogP contribution is 2.50. The van der Waals surface area contributed by atoms with E-state index >= 15 is 0 Å². The van der Waals surface area contributed by atoms with Gasteiger partial charge in [-0.15, -0.1) is 13.2 Å². The van der Waals surface area contributed by atoms with Crippen LogP contribution in [-0.4, -0.2) is 53.8 Å². The number of carbonyl (C=O) groups excluding carboxylic acids is 2. The van der Waals surface area contributed by atoms with Gasteiger partial charge in [-0.1, -0.05) is 31.5 Å². The van der Waals surface area contributed by atoms with Gasteiger partial charge in [-0.3, -0.25) is 9.69 Å². The second-order valence-electron chi connectivity index (χ2n) is 9.92.